The Hall–Kier alpha value is -6.17. The second-order valence-electron chi connectivity index (χ2n) is 26.5. The molecular formula is C62H111N11O13. The summed E-state index contributed by atoms with van der Waals surface area (Å²) in [5.74, 6) is -10.3. The molecule has 0 aromatic heterocycles. The van der Waals surface area contributed by atoms with Crippen LogP contribution < -0.4 is 21.3 Å². The predicted molar refractivity (Wildman–Crippen MR) is 330 cm³/mol. The average molecular weight is 1220 g/mol. The Morgan fingerprint density at radius 3 is 1.41 bits per heavy atom. The van der Waals surface area contributed by atoms with E-state index in [1.54, 1.807) is 60.6 Å². The molecule has 86 heavy (non-hydrogen) atoms. The van der Waals surface area contributed by atoms with Gasteiger partial charge in [0.05, 0.1) is 18.2 Å². The number of likely N-dealkylation sites (N-methyl/N-ethyl adjacent to an activating group) is 7. The highest BCUT2D eigenvalue weighted by Crippen LogP contribution is 2.26. The monoisotopic (exact) mass is 1220 g/mol. The van der Waals surface area contributed by atoms with Crippen LogP contribution in [0.4, 0.5) is 0 Å². The van der Waals surface area contributed by atoms with Gasteiger partial charge in [0.2, 0.25) is 65.0 Å². The highest BCUT2D eigenvalue weighted by Gasteiger charge is 2.46. The van der Waals surface area contributed by atoms with Gasteiger partial charge in [0.15, 0.2) is 0 Å². The van der Waals surface area contributed by atoms with Crippen molar-refractivity contribution in [3.8, 4) is 0 Å². The average Bonchev–Trinajstić information content (AvgIpc) is 3.54. The number of carbonyl (C=O) groups is 11. The molecule has 6 N–H and O–H groups in total. The van der Waals surface area contributed by atoms with Gasteiger partial charge in [-0.3, -0.25) is 52.7 Å². The predicted octanol–water partition coefficient (Wildman–Crippen LogP) is 2.38. The second-order valence-corrected chi connectivity index (χ2v) is 26.5. The molecule has 0 aliphatic carbocycles. The summed E-state index contributed by atoms with van der Waals surface area (Å²) in [6.07, 6.45) is 2.40. The van der Waals surface area contributed by atoms with E-state index in [0.29, 0.717) is 6.42 Å². The van der Waals surface area contributed by atoms with Crippen LogP contribution in [0.25, 0.3) is 0 Å². The summed E-state index contributed by atoms with van der Waals surface area (Å²) in [7, 11) is 9.67. The number of carbonyl (C=O) groups excluding carboxylic acids is 11. The zero-order chi connectivity index (χ0) is 66.9. The molecule has 1 aliphatic heterocycles. The van der Waals surface area contributed by atoms with Crippen molar-refractivity contribution in [2.75, 3.05) is 55.9 Å². The van der Waals surface area contributed by atoms with Gasteiger partial charge < -0.3 is 65.8 Å². The standard InChI is InChI=1S/C62H111N11O13/c1-25-27-28-39(13)51(75)50-55(79)65-42(26-2)57(81)67(18)33-47(74)68(19)46(32-62(16,17)86)54(78)66-48(37(9)10)60(84)69(20)43(29-34(3)4)53(77)63-40(14)52(76)64-41(15)56(80)70(21)44(30-35(5)6)58(82)71(22)45(31-36(7)8)59(83)72(23)49(38(11)12)61(85)73(50)24/h25,27,34-46,48-51,75,86H,26,28-33H2,1-24H3,(H,63,77)(H,64,76)(H,65,79)(H,66,78)/b27-25+/t39-,40-,41+,42+,43-,44+,45+,46+,48-,49+,50?,51-/m1/s1. The number of nitrogens with zero attached hydrogens (tertiary/aromatic N) is 7. The molecule has 1 unspecified atom stereocenters. The van der Waals surface area contributed by atoms with Crippen LogP contribution in [0.1, 0.15) is 156 Å². The van der Waals surface area contributed by atoms with Crippen LogP contribution in [-0.2, 0) is 52.7 Å². The number of nitrogens with one attached hydrogen (secondary N) is 4. The van der Waals surface area contributed by atoms with Crippen molar-refractivity contribution in [1.82, 2.24) is 55.6 Å². The molecule has 1 aliphatic rings. The molecule has 24 nitrogen and oxygen atoms in total. The SMILES string of the molecule is C/C=C/C[C@@H](C)[C@@H](O)C1C(=O)N[C@@H](CC)C(=O)N(C)CC(=O)N(C)[C@@H](CC(C)(C)O)C(=O)N[C@H](C(C)C)C(=O)N(C)[C@H](CC(C)C)C(=O)N[C@H](C)C(=O)N[C@@H](C)C(=O)N(C)[C@@H](CC(C)C)C(=O)N(C)[C@@H](CC(C)C)C(=O)N(C)[C@@H](C(C)C)C(=O)N1C. The normalized spacial score (nSPS) is 26.9. The van der Waals surface area contributed by atoms with Crippen molar-refractivity contribution in [1.29, 1.82) is 0 Å². The molecule has 24 heteroatoms. The van der Waals surface area contributed by atoms with E-state index in [0.717, 1.165) is 14.7 Å². The maximum atomic E-state index is 15.1. The molecule has 1 saturated heterocycles. The molecule has 1 fully saturated rings. The lowest BCUT2D eigenvalue weighted by Gasteiger charge is -2.41. The molecule has 12 atom stereocenters. The minimum absolute atomic E-state index is 0.0135. The van der Waals surface area contributed by atoms with E-state index in [1.807, 2.05) is 41.5 Å². The molecule has 492 valence electrons. The zero-order valence-corrected chi connectivity index (χ0v) is 56.4. The molecule has 11 amide bonds. The van der Waals surface area contributed by atoms with Gasteiger partial charge in [-0.15, -0.1) is 0 Å². The fourth-order valence-electron chi connectivity index (χ4n) is 10.7. The highest BCUT2D eigenvalue weighted by molar-refractivity contribution is 5.99. The molecule has 1 heterocycles. The molecule has 1 rings (SSSR count). The Kier molecular flexibility index (Phi) is 31.1. The van der Waals surface area contributed by atoms with Crippen LogP contribution in [0.2, 0.25) is 0 Å². The van der Waals surface area contributed by atoms with E-state index in [2.05, 4.69) is 21.3 Å². The first-order valence-corrected chi connectivity index (χ1v) is 30.6. The molecule has 0 bridgehead atoms. The van der Waals surface area contributed by atoms with Crippen molar-refractivity contribution in [3.05, 3.63) is 12.2 Å². The first-order valence-electron chi connectivity index (χ1n) is 30.6. The smallest absolute Gasteiger partial charge is 0.246 e. The van der Waals surface area contributed by atoms with Gasteiger partial charge in [-0.25, -0.2) is 0 Å². The number of allylic oxidation sites excluding steroid dienone is 2. The summed E-state index contributed by atoms with van der Waals surface area (Å²) < 4.78 is 0. The zero-order valence-electron chi connectivity index (χ0n) is 56.4. The number of amides is 11. The number of hydrogen-bond acceptors (Lipinski definition) is 13. The number of rotatable bonds is 15. The molecular weight excluding hydrogens is 1110 g/mol. The van der Waals surface area contributed by atoms with Crippen molar-refractivity contribution >= 4 is 65.0 Å². The van der Waals surface area contributed by atoms with Gasteiger partial charge in [0.25, 0.3) is 0 Å². The van der Waals surface area contributed by atoms with Crippen LogP contribution in [0, 0.1) is 35.5 Å². The number of aliphatic hydroxyl groups is 2. The van der Waals surface area contributed by atoms with Crippen LogP contribution in [0.5, 0.6) is 0 Å². The quantitative estimate of drug-likeness (QED) is 0.129. The van der Waals surface area contributed by atoms with Crippen LogP contribution >= 0.6 is 0 Å². The van der Waals surface area contributed by atoms with E-state index >= 15 is 9.59 Å². The highest BCUT2D eigenvalue weighted by atomic mass is 16.3. The van der Waals surface area contributed by atoms with Crippen molar-refractivity contribution < 1.29 is 63.0 Å². The first kappa shape index (κ1) is 77.8. The lowest BCUT2D eigenvalue weighted by Crippen LogP contribution is -2.63. The van der Waals surface area contributed by atoms with Gasteiger partial charge in [-0.1, -0.05) is 95.2 Å². The van der Waals surface area contributed by atoms with E-state index < -0.39 is 161 Å². The lowest BCUT2D eigenvalue weighted by molar-refractivity contribution is -0.157. The van der Waals surface area contributed by atoms with E-state index in [-0.39, 0.29) is 49.9 Å². The molecule has 0 aromatic carbocycles. The fraction of sp³-hybridized carbons (Fsp3) is 0.790. The van der Waals surface area contributed by atoms with Crippen molar-refractivity contribution in [3.63, 3.8) is 0 Å². The van der Waals surface area contributed by atoms with Crippen LogP contribution in [0.15, 0.2) is 12.2 Å². The van der Waals surface area contributed by atoms with Gasteiger partial charge in [0, 0.05) is 55.8 Å². The summed E-state index contributed by atoms with van der Waals surface area (Å²) in [5.41, 5.74) is -1.55. The van der Waals surface area contributed by atoms with Crippen molar-refractivity contribution in [2.45, 2.75) is 228 Å². The minimum Gasteiger partial charge on any atom is -0.390 e. The number of aliphatic hydroxyl groups excluding tert-OH is 1. The Balaban J connectivity index is 4.35. The Morgan fingerprint density at radius 1 is 0.512 bits per heavy atom. The van der Waals surface area contributed by atoms with Gasteiger partial charge in [-0.2, -0.15) is 0 Å². The Morgan fingerprint density at radius 2 is 0.953 bits per heavy atom. The number of hydrogen-bond donors (Lipinski definition) is 6. The maximum absolute atomic E-state index is 15.1. The Bertz CT molecular complexity index is 2370. The third-order valence-corrected chi connectivity index (χ3v) is 16.1. The summed E-state index contributed by atoms with van der Waals surface area (Å²) >= 11 is 0. The topological polar surface area (TPSA) is 299 Å². The van der Waals surface area contributed by atoms with Gasteiger partial charge in [-0.05, 0) is 102 Å². The summed E-state index contributed by atoms with van der Waals surface area (Å²) in [5, 5.41) is 34.0. The van der Waals surface area contributed by atoms with E-state index in [9.17, 15) is 53.4 Å². The third kappa shape index (κ3) is 21.9. The Labute approximate surface area is 513 Å². The molecule has 0 spiro atoms. The molecule has 0 aromatic rings. The molecule has 0 saturated carbocycles. The summed E-state index contributed by atoms with van der Waals surface area (Å²) in [6.45, 7) is 28.1. The maximum Gasteiger partial charge on any atom is 0.246 e. The first-order chi connectivity index (χ1) is 39.5. The fourth-order valence-corrected chi connectivity index (χ4v) is 10.7. The lowest BCUT2D eigenvalue weighted by atomic mass is 9.91. The summed E-state index contributed by atoms with van der Waals surface area (Å²) in [4.78, 5) is 168. The summed E-state index contributed by atoms with van der Waals surface area (Å²) in [6, 6.07) is -12.9. The van der Waals surface area contributed by atoms with Crippen LogP contribution in [-0.4, -0.2) is 237 Å². The second kappa shape index (κ2) is 34.4. The van der Waals surface area contributed by atoms with E-state index in [4.69, 9.17) is 0 Å². The largest absolute Gasteiger partial charge is 0.390 e. The molecule has 0 radical (unpaired) electrons. The van der Waals surface area contributed by atoms with Gasteiger partial charge in [0.1, 0.15) is 60.4 Å². The van der Waals surface area contributed by atoms with Crippen molar-refractivity contribution in [2.24, 2.45) is 35.5 Å². The van der Waals surface area contributed by atoms with Crippen LogP contribution in [0.3, 0.4) is 0 Å². The third-order valence-electron chi connectivity index (χ3n) is 16.1. The van der Waals surface area contributed by atoms with Gasteiger partial charge >= 0.3 is 0 Å². The van der Waals surface area contributed by atoms with E-state index in [1.165, 1.54) is 96.6 Å². The minimum atomic E-state index is -1.64.